The van der Waals surface area contributed by atoms with E-state index in [1.165, 1.54) is 25.3 Å². The maximum Gasteiger partial charge on any atom is 0.310 e. The van der Waals surface area contributed by atoms with Gasteiger partial charge in [0.05, 0.1) is 18.0 Å². The van der Waals surface area contributed by atoms with E-state index in [0.29, 0.717) is 12.8 Å². The highest BCUT2D eigenvalue weighted by Crippen LogP contribution is 2.29. The van der Waals surface area contributed by atoms with Gasteiger partial charge in [0.2, 0.25) is 0 Å². The number of amides is 1. The van der Waals surface area contributed by atoms with Gasteiger partial charge >= 0.3 is 11.7 Å². The number of ether oxygens (including phenoxy) is 1. The Morgan fingerprint density at radius 3 is 2.73 bits per heavy atom. The highest BCUT2D eigenvalue weighted by Gasteiger charge is 2.34. The van der Waals surface area contributed by atoms with E-state index in [4.69, 9.17) is 9.84 Å². The molecule has 1 fully saturated rings. The normalized spacial score (nSPS) is 20.4. The van der Waals surface area contributed by atoms with Crippen molar-refractivity contribution in [1.82, 2.24) is 5.32 Å². The lowest BCUT2D eigenvalue weighted by molar-refractivity contribution is -0.385. The maximum atomic E-state index is 12.2. The second-order valence-corrected chi connectivity index (χ2v) is 5.10. The van der Waals surface area contributed by atoms with Crippen LogP contribution >= 0.6 is 0 Å². The minimum Gasteiger partial charge on any atom is -0.490 e. The molecule has 1 amide bonds. The van der Waals surface area contributed by atoms with Crippen LogP contribution in [0.2, 0.25) is 0 Å². The fourth-order valence-corrected chi connectivity index (χ4v) is 2.65. The Morgan fingerprint density at radius 2 is 2.14 bits per heavy atom. The van der Waals surface area contributed by atoms with E-state index < -0.39 is 28.8 Å². The van der Waals surface area contributed by atoms with Crippen LogP contribution in [0.3, 0.4) is 0 Å². The van der Waals surface area contributed by atoms with Crippen LogP contribution in [0.4, 0.5) is 5.69 Å². The van der Waals surface area contributed by atoms with Gasteiger partial charge in [-0.2, -0.15) is 0 Å². The van der Waals surface area contributed by atoms with E-state index in [2.05, 4.69) is 5.32 Å². The molecule has 2 atom stereocenters. The monoisotopic (exact) mass is 308 g/mol. The topological polar surface area (TPSA) is 119 Å². The zero-order valence-corrected chi connectivity index (χ0v) is 11.9. The summed E-state index contributed by atoms with van der Waals surface area (Å²) in [6.07, 6.45) is 1.88. The zero-order chi connectivity index (χ0) is 16.3. The molecule has 0 spiro atoms. The van der Waals surface area contributed by atoms with Crippen molar-refractivity contribution in [1.29, 1.82) is 0 Å². The molecule has 0 bridgehead atoms. The summed E-state index contributed by atoms with van der Waals surface area (Å²) in [4.78, 5) is 33.5. The first-order chi connectivity index (χ1) is 10.4. The van der Waals surface area contributed by atoms with Gasteiger partial charge in [-0.15, -0.1) is 0 Å². The first-order valence-electron chi connectivity index (χ1n) is 6.80. The molecule has 8 nitrogen and oxygen atoms in total. The van der Waals surface area contributed by atoms with Crippen molar-refractivity contribution >= 4 is 17.6 Å². The molecule has 0 aliphatic heterocycles. The third kappa shape index (κ3) is 3.16. The summed E-state index contributed by atoms with van der Waals surface area (Å²) < 4.78 is 4.91. The van der Waals surface area contributed by atoms with Crippen LogP contribution in [-0.4, -0.2) is 35.1 Å². The number of benzene rings is 1. The van der Waals surface area contributed by atoms with Gasteiger partial charge < -0.3 is 15.2 Å². The second kappa shape index (κ2) is 6.42. The molecule has 0 radical (unpaired) electrons. The Labute approximate surface area is 126 Å². The minimum atomic E-state index is -0.927. The lowest BCUT2D eigenvalue weighted by Crippen LogP contribution is -2.40. The standard InChI is InChI=1S/C14H16N2O6/c1-22-12-7-8(5-6-11(12)16(20)21)13(17)15-10-4-2-3-9(10)14(18)19/h5-7,9-10H,2-4H2,1H3,(H,15,17)(H,18,19)/t9-,10+/m0/s1. The van der Waals surface area contributed by atoms with Gasteiger partial charge in [-0.05, 0) is 18.9 Å². The first kappa shape index (κ1) is 15.7. The average Bonchev–Trinajstić information content (AvgIpc) is 2.94. The maximum absolute atomic E-state index is 12.2. The summed E-state index contributed by atoms with van der Waals surface area (Å²) in [7, 11) is 1.28. The number of hydrogen-bond acceptors (Lipinski definition) is 5. The summed E-state index contributed by atoms with van der Waals surface area (Å²) >= 11 is 0. The van der Waals surface area contributed by atoms with Crippen molar-refractivity contribution in [3.05, 3.63) is 33.9 Å². The molecule has 0 aromatic heterocycles. The van der Waals surface area contributed by atoms with Crippen LogP contribution < -0.4 is 10.1 Å². The highest BCUT2D eigenvalue weighted by atomic mass is 16.6. The number of carbonyl (C=O) groups is 2. The summed E-state index contributed by atoms with van der Waals surface area (Å²) in [5, 5.41) is 22.6. The van der Waals surface area contributed by atoms with Gasteiger partial charge in [0.25, 0.3) is 5.91 Å². The van der Waals surface area contributed by atoms with E-state index in [0.717, 1.165) is 6.42 Å². The Morgan fingerprint density at radius 1 is 1.41 bits per heavy atom. The number of methoxy groups -OCH3 is 1. The van der Waals surface area contributed by atoms with Crippen molar-refractivity contribution in [2.45, 2.75) is 25.3 Å². The fourth-order valence-electron chi connectivity index (χ4n) is 2.65. The molecule has 0 heterocycles. The molecule has 8 heteroatoms. The number of hydrogen-bond donors (Lipinski definition) is 2. The molecule has 0 saturated heterocycles. The molecule has 1 aromatic carbocycles. The lowest BCUT2D eigenvalue weighted by Gasteiger charge is -2.17. The molecule has 2 rings (SSSR count). The zero-order valence-electron chi connectivity index (χ0n) is 11.9. The molecule has 2 N–H and O–H groups in total. The highest BCUT2D eigenvalue weighted by molar-refractivity contribution is 5.95. The van der Waals surface area contributed by atoms with Gasteiger partial charge in [0.15, 0.2) is 5.75 Å². The summed E-state index contributed by atoms with van der Waals surface area (Å²) in [5.74, 6) is -2.00. The number of aliphatic carboxylic acids is 1. The number of nitrogens with zero attached hydrogens (tertiary/aromatic N) is 1. The number of carboxylic acid groups (broad SMARTS) is 1. The SMILES string of the molecule is COc1cc(C(=O)N[C@@H]2CCC[C@@H]2C(=O)O)ccc1[N+](=O)[O-]. The summed E-state index contributed by atoms with van der Waals surface area (Å²) in [6, 6.07) is 3.36. The van der Waals surface area contributed by atoms with Crippen molar-refractivity contribution in [2.75, 3.05) is 7.11 Å². The van der Waals surface area contributed by atoms with Crippen molar-refractivity contribution < 1.29 is 24.4 Å². The van der Waals surface area contributed by atoms with Crippen LogP contribution in [-0.2, 0) is 4.79 Å². The third-order valence-corrected chi connectivity index (χ3v) is 3.79. The van der Waals surface area contributed by atoms with Crippen molar-refractivity contribution in [2.24, 2.45) is 5.92 Å². The predicted molar refractivity (Wildman–Crippen MR) is 75.9 cm³/mol. The predicted octanol–water partition coefficient (Wildman–Crippen LogP) is 1.59. The van der Waals surface area contributed by atoms with Crippen LogP contribution in [0, 0.1) is 16.0 Å². The van der Waals surface area contributed by atoms with Crippen LogP contribution in [0.5, 0.6) is 5.75 Å². The molecule has 1 saturated carbocycles. The molecular formula is C14H16N2O6. The summed E-state index contributed by atoms with van der Waals surface area (Å²) in [5.41, 5.74) is -0.0400. The second-order valence-electron chi connectivity index (χ2n) is 5.10. The Bertz CT molecular complexity index is 615. The number of carboxylic acids is 1. The minimum absolute atomic E-state index is 0.0149. The number of carbonyl (C=O) groups excluding carboxylic acids is 1. The van der Waals surface area contributed by atoms with E-state index in [1.54, 1.807) is 0 Å². The molecule has 0 unspecified atom stereocenters. The fraction of sp³-hybridized carbons (Fsp3) is 0.429. The van der Waals surface area contributed by atoms with Crippen molar-refractivity contribution in [3.63, 3.8) is 0 Å². The van der Waals surface area contributed by atoms with Crippen LogP contribution in [0.25, 0.3) is 0 Å². The molecule has 1 aromatic rings. The van der Waals surface area contributed by atoms with Gasteiger partial charge in [-0.25, -0.2) is 0 Å². The molecule has 1 aliphatic carbocycles. The number of nitro benzene ring substituents is 1. The quantitative estimate of drug-likeness (QED) is 0.629. The molecule has 22 heavy (non-hydrogen) atoms. The molecule has 1 aliphatic rings. The Balaban J connectivity index is 2.16. The number of nitro groups is 1. The van der Waals surface area contributed by atoms with Gasteiger partial charge in [-0.1, -0.05) is 6.42 Å². The van der Waals surface area contributed by atoms with Crippen LogP contribution in [0.15, 0.2) is 18.2 Å². The largest absolute Gasteiger partial charge is 0.490 e. The summed E-state index contributed by atoms with van der Waals surface area (Å²) in [6.45, 7) is 0. The van der Waals surface area contributed by atoms with Crippen molar-refractivity contribution in [3.8, 4) is 5.75 Å². The lowest BCUT2D eigenvalue weighted by atomic mass is 10.0. The molecule has 118 valence electrons. The van der Waals surface area contributed by atoms with E-state index >= 15 is 0 Å². The Kier molecular flexibility index (Phi) is 4.59. The van der Waals surface area contributed by atoms with E-state index in [1.807, 2.05) is 0 Å². The average molecular weight is 308 g/mol. The molecular weight excluding hydrogens is 292 g/mol. The number of nitrogens with one attached hydrogen (secondary N) is 1. The van der Waals surface area contributed by atoms with Gasteiger partial charge in [-0.3, -0.25) is 19.7 Å². The Hall–Kier alpha value is -2.64. The van der Waals surface area contributed by atoms with E-state index in [-0.39, 0.29) is 17.0 Å². The smallest absolute Gasteiger partial charge is 0.310 e. The van der Waals surface area contributed by atoms with Gasteiger partial charge in [0, 0.05) is 23.7 Å². The van der Waals surface area contributed by atoms with Crippen LogP contribution in [0.1, 0.15) is 29.6 Å². The number of rotatable bonds is 5. The first-order valence-corrected chi connectivity index (χ1v) is 6.80. The van der Waals surface area contributed by atoms with Gasteiger partial charge in [0.1, 0.15) is 0 Å². The third-order valence-electron chi connectivity index (χ3n) is 3.79. The van der Waals surface area contributed by atoms with E-state index in [9.17, 15) is 19.7 Å².